The van der Waals surface area contributed by atoms with Crippen molar-refractivity contribution < 1.29 is 4.74 Å². The summed E-state index contributed by atoms with van der Waals surface area (Å²) in [5.74, 6) is 0.894. The Kier molecular flexibility index (Phi) is 4.98. The lowest BCUT2D eigenvalue weighted by molar-refractivity contribution is 0.317. The van der Waals surface area contributed by atoms with E-state index in [1.54, 1.807) is 0 Å². The molecule has 0 aliphatic heterocycles. The van der Waals surface area contributed by atoms with E-state index in [1.807, 2.05) is 30.5 Å². The Morgan fingerprint density at radius 3 is 2.65 bits per heavy atom. The van der Waals surface area contributed by atoms with Crippen molar-refractivity contribution in [1.82, 2.24) is 9.38 Å². The number of pyridine rings is 1. The van der Waals surface area contributed by atoms with Gasteiger partial charge in [-0.25, -0.2) is 4.98 Å². The summed E-state index contributed by atoms with van der Waals surface area (Å²) in [5, 5.41) is 0. The standard InChI is InChI=1S/C18H20BrN3O/c1-2-11-23-15-6-3-13(4-7-15)18-16(9-10-20)21-17-8-5-14(19)12-22(17)18/h3-8,12H,2,9-11,20H2,1H3. The smallest absolute Gasteiger partial charge is 0.137 e. The van der Waals surface area contributed by atoms with Gasteiger partial charge in [0.05, 0.1) is 18.0 Å². The van der Waals surface area contributed by atoms with E-state index in [4.69, 9.17) is 15.5 Å². The van der Waals surface area contributed by atoms with E-state index in [2.05, 4.69) is 39.4 Å². The summed E-state index contributed by atoms with van der Waals surface area (Å²) < 4.78 is 8.79. The molecule has 23 heavy (non-hydrogen) atoms. The van der Waals surface area contributed by atoms with Crippen molar-refractivity contribution in [2.45, 2.75) is 19.8 Å². The van der Waals surface area contributed by atoms with Crippen LogP contribution in [0.1, 0.15) is 19.0 Å². The monoisotopic (exact) mass is 373 g/mol. The minimum absolute atomic E-state index is 0.579. The topological polar surface area (TPSA) is 52.5 Å². The van der Waals surface area contributed by atoms with Crippen LogP contribution in [0.25, 0.3) is 16.9 Å². The molecule has 0 unspecified atom stereocenters. The van der Waals surface area contributed by atoms with Crippen LogP contribution >= 0.6 is 15.9 Å². The molecule has 120 valence electrons. The van der Waals surface area contributed by atoms with E-state index in [0.29, 0.717) is 6.54 Å². The molecule has 2 aromatic heterocycles. The van der Waals surface area contributed by atoms with Crippen molar-refractivity contribution >= 4 is 21.6 Å². The van der Waals surface area contributed by atoms with Crippen molar-refractivity contribution in [3.05, 3.63) is 52.8 Å². The first kappa shape index (κ1) is 16.0. The summed E-state index contributed by atoms with van der Waals surface area (Å²) in [5.41, 5.74) is 9.91. The maximum Gasteiger partial charge on any atom is 0.137 e. The van der Waals surface area contributed by atoms with Gasteiger partial charge in [0.1, 0.15) is 11.4 Å². The summed E-state index contributed by atoms with van der Waals surface area (Å²) >= 11 is 3.53. The van der Waals surface area contributed by atoms with Gasteiger partial charge in [-0.15, -0.1) is 0 Å². The summed E-state index contributed by atoms with van der Waals surface area (Å²) in [6.07, 6.45) is 3.80. The fraction of sp³-hybridized carbons (Fsp3) is 0.278. The van der Waals surface area contributed by atoms with Gasteiger partial charge in [-0.3, -0.25) is 4.40 Å². The predicted octanol–water partition coefficient (Wildman–Crippen LogP) is 4.05. The van der Waals surface area contributed by atoms with Gasteiger partial charge >= 0.3 is 0 Å². The van der Waals surface area contributed by atoms with Crippen molar-refractivity contribution in [3.63, 3.8) is 0 Å². The van der Waals surface area contributed by atoms with Gasteiger partial charge in [0.25, 0.3) is 0 Å². The molecule has 0 atom stereocenters. The third-order valence-corrected chi connectivity index (χ3v) is 4.11. The molecule has 0 spiro atoms. The highest BCUT2D eigenvalue weighted by atomic mass is 79.9. The van der Waals surface area contributed by atoms with Crippen LogP contribution in [-0.4, -0.2) is 22.5 Å². The van der Waals surface area contributed by atoms with Crippen molar-refractivity contribution in [3.8, 4) is 17.0 Å². The number of rotatable bonds is 6. The highest BCUT2D eigenvalue weighted by molar-refractivity contribution is 9.10. The first-order valence-corrected chi connectivity index (χ1v) is 8.62. The first-order valence-electron chi connectivity index (χ1n) is 7.82. The zero-order chi connectivity index (χ0) is 16.2. The number of hydrogen-bond acceptors (Lipinski definition) is 3. The third kappa shape index (κ3) is 3.41. The normalized spacial score (nSPS) is 11.1. The number of halogens is 1. The van der Waals surface area contributed by atoms with Gasteiger partial charge < -0.3 is 10.5 Å². The second kappa shape index (κ2) is 7.15. The van der Waals surface area contributed by atoms with E-state index in [1.165, 1.54) is 0 Å². The number of fused-ring (bicyclic) bond motifs is 1. The van der Waals surface area contributed by atoms with Crippen molar-refractivity contribution in [2.75, 3.05) is 13.2 Å². The van der Waals surface area contributed by atoms with Crippen LogP contribution in [0.5, 0.6) is 5.75 Å². The number of benzene rings is 1. The second-order valence-corrected chi connectivity index (χ2v) is 6.31. The molecule has 1 aromatic carbocycles. The molecule has 4 nitrogen and oxygen atoms in total. The molecular weight excluding hydrogens is 354 g/mol. The largest absolute Gasteiger partial charge is 0.494 e. The van der Waals surface area contributed by atoms with Crippen LogP contribution in [-0.2, 0) is 6.42 Å². The van der Waals surface area contributed by atoms with Gasteiger partial charge in [-0.1, -0.05) is 6.92 Å². The van der Waals surface area contributed by atoms with Crippen LogP contribution in [0.15, 0.2) is 47.1 Å². The van der Waals surface area contributed by atoms with Crippen LogP contribution in [0.3, 0.4) is 0 Å². The lowest BCUT2D eigenvalue weighted by atomic mass is 10.1. The molecule has 2 heterocycles. The average Bonchev–Trinajstić information content (AvgIpc) is 2.91. The summed E-state index contributed by atoms with van der Waals surface area (Å²) in [6, 6.07) is 12.2. The Hall–Kier alpha value is -1.85. The molecule has 0 amide bonds. The molecule has 0 aliphatic carbocycles. The Morgan fingerprint density at radius 2 is 1.96 bits per heavy atom. The van der Waals surface area contributed by atoms with Crippen LogP contribution in [0.4, 0.5) is 0 Å². The molecule has 5 heteroatoms. The Balaban J connectivity index is 2.06. The Bertz CT molecular complexity index is 796. The zero-order valence-corrected chi connectivity index (χ0v) is 14.7. The van der Waals surface area contributed by atoms with E-state index < -0.39 is 0 Å². The number of nitrogens with zero attached hydrogens (tertiary/aromatic N) is 2. The van der Waals surface area contributed by atoms with E-state index >= 15 is 0 Å². The zero-order valence-electron chi connectivity index (χ0n) is 13.1. The Morgan fingerprint density at radius 1 is 1.17 bits per heavy atom. The molecule has 3 rings (SSSR count). The van der Waals surface area contributed by atoms with Gasteiger partial charge in [0.2, 0.25) is 0 Å². The average molecular weight is 374 g/mol. The predicted molar refractivity (Wildman–Crippen MR) is 96.9 cm³/mol. The second-order valence-electron chi connectivity index (χ2n) is 5.39. The van der Waals surface area contributed by atoms with Crippen molar-refractivity contribution in [2.24, 2.45) is 5.73 Å². The van der Waals surface area contributed by atoms with Gasteiger partial charge in [-0.05, 0) is 65.3 Å². The number of imidazole rings is 1. The molecule has 0 fully saturated rings. The summed E-state index contributed by atoms with van der Waals surface area (Å²) in [6.45, 7) is 3.42. The highest BCUT2D eigenvalue weighted by Gasteiger charge is 2.14. The lowest BCUT2D eigenvalue weighted by Crippen LogP contribution is -2.04. The molecule has 0 saturated heterocycles. The number of aromatic nitrogens is 2. The minimum Gasteiger partial charge on any atom is -0.494 e. The molecule has 0 bridgehead atoms. The first-order chi connectivity index (χ1) is 11.2. The third-order valence-electron chi connectivity index (χ3n) is 3.64. The number of ether oxygens (including phenoxy) is 1. The van der Waals surface area contributed by atoms with E-state index in [0.717, 1.165) is 52.3 Å². The van der Waals surface area contributed by atoms with E-state index in [-0.39, 0.29) is 0 Å². The Labute approximate surface area is 144 Å². The lowest BCUT2D eigenvalue weighted by Gasteiger charge is -2.08. The molecule has 0 saturated carbocycles. The number of nitrogens with two attached hydrogens (primary N) is 1. The van der Waals surface area contributed by atoms with Gasteiger partial charge in [0.15, 0.2) is 0 Å². The summed E-state index contributed by atoms with van der Waals surface area (Å²) in [7, 11) is 0. The highest BCUT2D eigenvalue weighted by Crippen LogP contribution is 2.28. The molecule has 2 N–H and O–H groups in total. The van der Waals surface area contributed by atoms with E-state index in [9.17, 15) is 0 Å². The molecule has 0 radical (unpaired) electrons. The summed E-state index contributed by atoms with van der Waals surface area (Å²) in [4.78, 5) is 4.72. The maximum atomic E-state index is 5.76. The molecule has 0 aliphatic rings. The molecular formula is C18H20BrN3O. The quantitative estimate of drug-likeness (QED) is 0.708. The maximum absolute atomic E-state index is 5.76. The number of hydrogen-bond donors (Lipinski definition) is 1. The fourth-order valence-corrected chi connectivity index (χ4v) is 2.95. The minimum atomic E-state index is 0.579. The van der Waals surface area contributed by atoms with Crippen LogP contribution in [0.2, 0.25) is 0 Å². The van der Waals surface area contributed by atoms with Gasteiger partial charge in [-0.2, -0.15) is 0 Å². The molecule has 3 aromatic rings. The van der Waals surface area contributed by atoms with Crippen LogP contribution in [0, 0.1) is 0 Å². The fourth-order valence-electron chi connectivity index (χ4n) is 2.61. The van der Waals surface area contributed by atoms with Crippen molar-refractivity contribution in [1.29, 1.82) is 0 Å². The van der Waals surface area contributed by atoms with Crippen LogP contribution < -0.4 is 10.5 Å². The van der Waals surface area contributed by atoms with Gasteiger partial charge in [0, 0.05) is 22.7 Å². The SMILES string of the molecule is CCCOc1ccc(-c2c(CCN)nc3ccc(Br)cn23)cc1.